The first-order valence-electron chi connectivity index (χ1n) is 7.78. The number of imidazole rings is 1. The van der Waals surface area contributed by atoms with Crippen molar-refractivity contribution < 1.29 is 9.84 Å². The van der Waals surface area contributed by atoms with E-state index in [0.717, 1.165) is 53.6 Å². The summed E-state index contributed by atoms with van der Waals surface area (Å²) in [5.41, 5.74) is 2.80. The summed E-state index contributed by atoms with van der Waals surface area (Å²) in [6.07, 6.45) is 8.23. The van der Waals surface area contributed by atoms with Gasteiger partial charge in [0.2, 0.25) is 0 Å². The van der Waals surface area contributed by atoms with Crippen molar-refractivity contribution in [2.45, 2.75) is 44.4 Å². The Kier molecular flexibility index (Phi) is 3.35. The van der Waals surface area contributed by atoms with Gasteiger partial charge in [-0.15, -0.1) is 0 Å². The highest BCUT2D eigenvalue weighted by Crippen LogP contribution is 2.35. The van der Waals surface area contributed by atoms with Crippen LogP contribution in [-0.2, 0) is 11.3 Å². The standard InChI is InChI=1S/C16H20N4O2/c1-22-11-4-2-10(3-5-11)20-14(9-21)19-13-8-18-16-12(15(13)20)6-7-17-16/h6-8,10-11,21H,2-5,9H2,1H3,(H,17,18). The molecule has 1 saturated carbocycles. The maximum atomic E-state index is 9.73. The van der Waals surface area contributed by atoms with Crippen molar-refractivity contribution in [1.82, 2.24) is 19.5 Å². The summed E-state index contributed by atoms with van der Waals surface area (Å²) in [6, 6.07) is 2.39. The minimum Gasteiger partial charge on any atom is -0.388 e. The molecule has 1 aliphatic carbocycles. The third-order valence-electron chi connectivity index (χ3n) is 4.79. The summed E-state index contributed by atoms with van der Waals surface area (Å²) in [7, 11) is 1.78. The lowest BCUT2D eigenvalue weighted by atomic mass is 9.92. The van der Waals surface area contributed by atoms with E-state index in [1.165, 1.54) is 0 Å². The molecule has 1 aliphatic rings. The number of nitrogens with zero attached hydrogens (tertiary/aromatic N) is 3. The zero-order chi connectivity index (χ0) is 15.1. The zero-order valence-electron chi connectivity index (χ0n) is 12.6. The minimum absolute atomic E-state index is 0.0508. The summed E-state index contributed by atoms with van der Waals surface area (Å²) >= 11 is 0. The molecule has 0 saturated heterocycles. The van der Waals surface area contributed by atoms with Gasteiger partial charge in [-0.05, 0) is 31.7 Å². The molecule has 0 unspecified atom stereocenters. The van der Waals surface area contributed by atoms with Crippen LogP contribution in [0.5, 0.6) is 0 Å². The lowest BCUT2D eigenvalue weighted by Crippen LogP contribution is -2.23. The number of pyridine rings is 1. The van der Waals surface area contributed by atoms with Crippen molar-refractivity contribution in [3.63, 3.8) is 0 Å². The molecule has 0 aliphatic heterocycles. The first kappa shape index (κ1) is 13.7. The maximum Gasteiger partial charge on any atom is 0.139 e. The lowest BCUT2D eigenvalue weighted by molar-refractivity contribution is 0.0581. The van der Waals surface area contributed by atoms with Gasteiger partial charge < -0.3 is 19.4 Å². The number of methoxy groups -OCH3 is 1. The van der Waals surface area contributed by atoms with E-state index in [2.05, 4.69) is 19.5 Å². The normalized spacial score (nSPS) is 22.6. The topological polar surface area (TPSA) is 76.0 Å². The summed E-state index contributed by atoms with van der Waals surface area (Å²) in [6.45, 7) is -0.0508. The van der Waals surface area contributed by atoms with Crippen molar-refractivity contribution in [3.05, 3.63) is 24.3 Å². The van der Waals surface area contributed by atoms with Gasteiger partial charge in [-0.1, -0.05) is 0 Å². The number of aliphatic hydroxyl groups excluding tert-OH is 1. The van der Waals surface area contributed by atoms with Crippen LogP contribution in [0, 0.1) is 0 Å². The Hall–Kier alpha value is -1.92. The van der Waals surface area contributed by atoms with Crippen LogP contribution in [0.3, 0.4) is 0 Å². The van der Waals surface area contributed by atoms with Gasteiger partial charge in [0.25, 0.3) is 0 Å². The van der Waals surface area contributed by atoms with E-state index >= 15 is 0 Å². The van der Waals surface area contributed by atoms with Gasteiger partial charge in [-0.2, -0.15) is 0 Å². The molecule has 2 N–H and O–H groups in total. The predicted octanol–water partition coefficient (Wildman–Crippen LogP) is 2.54. The molecule has 0 radical (unpaired) electrons. The van der Waals surface area contributed by atoms with Crippen molar-refractivity contribution in [2.24, 2.45) is 0 Å². The first-order chi connectivity index (χ1) is 10.8. The Morgan fingerprint density at radius 1 is 1.36 bits per heavy atom. The SMILES string of the molecule is COC1CCC(n2c(CO)nc3cnc4[nH]ccc4c32)CC1. The molecule has 3 aromatic heterocycles. The Morgan fingerprint density at radius 3 is 2.91 bits per heavy atom. The van der Waals surface area contributed by atoms with Crippen molar-refractivity contribution in [3.8, 4) is 0 Å². The van der Waals surface area contributed by atoms with Gasteiger partial charge in [0.15, 0.2) is 0 Å². The highest BCUT2D eigenvalue weighted by Gasteiger charge is 2.26. The van der Waals surface area contributed by atoms with Crippen molar-refractivity contribution in [1.29, 1.82) is 0 Å². The number of rotatable bonds is 3. The van der Waals surface area contributed by atoms with E-state index < -0.39 is 0 Å². The number of nitrogens with one attached hydrogen (secondary N) is 1. The molecule has 3 aromatic rings. The van der Waals surface area contributed by atoms with Gasteiger partial charge in [0, 0.05) is 24.7 Å². The second kappa shape index (κ2) is 5.37. The first-order valence-corrected chi connectivity index (χ1v) is 7.78. The van der Waals surface area contributed by atoms with E-state index in [0.29, 0.717) is 12.1 Å². The molecule has 6 nitrogen and oxygen atoms in total. The fourth-order valence-electron chi connectivity index (χ4n) is 3.68. The van der Waals surface area contributed by atoms with Gasteiger partial charge in [0.1, 0.15) is 23.6 Å². The number of H-pyrrole nitrogens is 1. The van der Waals surface area contributed by atoms with E-state index in [1.54, 1.807) is 13.3 Å². The second-order valence-corrected chi connectivity index (χ2v) is 5.95. The minimum atomic E-state index is -0.0508. The fraction of sp³-hybridized carbons (Fsp3) is 0.500. The van der Waals surface area contributed by atoms with Crippen LogP contribution in [0.15, 0.2) is 18.5 Å². The van der Waals surface area contributed by atoms with Crippen LogP contribution in [0.4, 0.5) is 0 Å². The third kappa shape index (κ3) is 2.02. The molecule has 3 heterocycles. The number of aliphatic hydroxyl groups is 1. The molecule has 0 amide bonds. The van der Waals surface area contributed by atoms with Gasteiger partial charge in [-0.25, -0.2) is 9.97 Å². The molecule has 0 aromatic carbocycles. The number of aromatic nitrogens is 4. The van der Waals surface area contributed by atoms with Gasteiger partial charge in [0.05, 0.1) is 17.8 Å². The lowest BCUT2D eigenvalue weighted by Gasteiger charge is -2.30. The Balaban J connectivity index is 1.86. The van der Waals surface area contributed by atoms with E-state index in [1.807, 2.05) is 12.3 Å². The summed E-state index contributed by atoms with van der Waals surface area (Å²) in [5, 5.41) is 10.8. The number of hydrogen-bond donors (Lipinski definition) is 2. The smallest absolute Gasteiger partial charge is 0.139 e. The maximum absolute atomic E-state index is 9.73. The molecule has 4 rings (SSSR count). The predicted molar refractivity (Wildman–Crippen MR) is 83.6 cm³/mol. The van der Waals surface area contributed by atoms with Crippen LogP contribution in [0.2, 0.25) is 0 Å². The number of aromatic amines is 1. The molecule has 6 heteroatoms. The molecule has 116 valence electrons. The van der Waals surface area contributed by atoms with Crippen molar-refractivity contribution >= 4 is 22.1 Å². The Labute approximate surface area is 128 Å². The molecule has 0 atom stereocenters. The molecule has 0 bridgehead atoms. The van der Waals surface area contributed by atoms with Crippen LogP contribution >= 0.6 is 0 Å². The van der Waals surface area contributed by atoms with E-state index in [-0.39, 0.29) is 6.61 Å². The van der Waals surface area contributed by atoms with Gasteiger partial charge in [-0.3, -0.25) is 0 Å². The average Bonchev–Trinajstić information content (AvgIpc) is 3.18. The highest BCUT2D eigenvalue weighted by atomic mass is 16.5. The van der Waals surface area contributed by atoms with Gasteiger partial charge >= 0.3 is 0 Å². The Morgan fingerprint density at radius 2 is 2.18 bits per heavy atom. The molecule has 0 spiro atoms. The number of hydrogen-bond acceptors (Lipinski definition) is 4. The zero-order valence-corrected chi connectivity index (χ0v) is 12.6. The third-order valence-corrected chi connectivity index (χ3v) is 4.79. The van der Waals surface area contributed by atoms with Crippen LogP contribution < -0.4 is 0 Å². The highest BCUT2D eigenvalue weighted by molar-refractivity contribution is 6.01. The van der Waals surface area contributed by atoms with Crippen LogP contribution in [-0.4, -0.2) is 37.8 Å². The summed E-state index contributed by atoms with van der Waals surface area (Å²) < 4.78 is 7.69. The molecular weight excluding hydrogens is 280 g/mol. The van der Waals surface area contributed by atoms with E-state index in [9.17, 15) is 5.11 Å². The number of ether oxygens (including phenoxy) is 1. The molecule has 22 heavy (non-hydrogen) atoms. The quantitative estimate of drug-likeness (QED) is 0.779. The summed E-state index contributed by atoms with van der Waals surface area (Å²) in [4.78, 5) is 12.1. The molecular formula is C16H20N4O2. The monoisotopic (exact) mass is 300 g/mol. The largest absolute Gasteiger partial charge is 0.388 e. The van der Waals surface area contributed by atoms with Crippen LogP contribution in [0.1, 0.15) is 37.5 Å². The Bertz CT molecular complexity index is 799. The second-order valence-electron chi connectivity index (χ2n) is 5.95. The van der Waals surface area contributed by atoms with Crippen molar-refractivity contribution in [2.75, 3.05) is 7.11 Å². The van der Waals surface area contributed by atoms with Crippen LogP contribution in [0.25, 0.3) is 22.1 Å². The fourth-order valence-corrected chi connectivity index (χ4v) is 3.68. The van der Waals surface area contributed by atoms with E-state index in [4.69, 9.17) is 4.74 Å². The number of fused-ring (bicyclic) bond motifs is 3. The summed E-state index contributed by atoms with van der Waals surface area (Å²) in [5.74, 6) is 0.728. The molecule has 1 fully saturated rings. The average molecular weight is 300 g/mol.